The van der Waals surface area contributed by atoms with Crippen LogP contribution in [-0.4, -0.2) is 55.8 Å². The fourth-order valence-electron chi connectivity index (χ4n) is 3.88. The lowest BCUT2D eigenvalue weighted by atomic mass is 10.1. The number of piperazine rings is 1. The highest BCUT2D eigenvalue weighted by atomic mass is 16.5. The van der Waals surface area contributed by atoms with Gasteiger partial charge in [0.15, 0.2) is 0 Å². The summed E-state index contributed by atoms with van der Waals surface area (Å²) >= 11 is 0. The SMILES string of the molecule is N#Cc1ccc(N2CCN(CCOc3ccc4[nH]cc(CCN)c4c3)CC2)cc1. The van der Waals surface area contributed by atoms with Gasteiger partial charge in [-0.05, 0) is 61.0 Å². The molecule has 29 heavy (non-hydrogen) atoms. The average molecular weight is 390 g/mol. The monoisotopic (exact) mass is 389 g/mol. The molecule has 1 fully saturated rings. The molecule has 6 nitrogen and oxygen atoms in total. The van der Waals surface area contributed by atoms with Crippen LogP contribution >= 0.6 is 0 Å². The van der Waals surface area contributed by atoms with E-state index >= 15 is 0 Å². The molecule has 0 saturated carbocycles. The predicted octanol–water partition coefficient (Wildman–Crippen LogP) is 2.74. The standard InChI is InChI=1S/C23H27N5O/c24-8-7-19-17-26-23-6-5-21(15-22(19)23)29-14-13-27-9-11-28(12-10-27)20-3-1-18(16-25)2-4-20/h1-6,15,17,26H,7-14,24H2. The number of hydrogen-bond acceptors (Lipinski definition) is 5. The number of fused-ring (bicyclic) bond motifs is 1. The Kier molecular flexibility index (Phi) is 5.99. The Hall–Kier alpha value is -3.01. The van der Waals surface area contributed by atoms with Gasteiger partial charge in [0.2, 0.25) is 0 Å². The van der Waals surface area contributed by atoms with E-state index in [0.29, 0.717) is 18.7 Å². The third kappa shape index (κ3) is 4.53. The molecule has 0 radical (unpaired) electrons. The van der Waals surface area contributed by atoms with Crippen molar-refractivity contribution in [1.29, 1.82) is 5.26 Å². The van der Waals surface area contributed by atoms with Crippen LogP contribution in [0.1, 0.15) is 11.1 Å². The summed E-state index contributed by atoms with van der Waals surface area (Å²) in [7, 11) is 0. The van der Waals surface area contributed by atoms with Gasteiger partial charge in [0.1, 0.15) is 12.4 Å². The highest BCUT2D eigenvalue weighted by Crippen LogP contribution is 2.24. The van der Waals surface area contributed by atoms with E-state index in [2.05, 4.69) is 33.0 Å². The van der Waals surface area contributed by atoms with Crippen LogP contribution in [0.25, 0.3) is 10.9 Å². The number of benzene rings is 2. The van der Waals surface area contributed by atoms with Gasteiger partial charge in [-0.3, -0.25) is 4.90 Å². The normalized spacial score (nSPS) is 14.8. The van der Waals surface area contributed by atoms with Gasteiger partial charge in [0.25, 0.3) is 0 Å². The molecule has 0 spiro atoms. The molecule has 0 unspecified atom stereocenters. The minimum absolute atomic E-state index is 0.645. The van der Waals surface area contributed by atoms with Gasteiger partial charge in [-0.1, -0.05) is 0 Å². The Bertz CT molecular complexity index is 981. The Morgan fingerprint density at radius 1 is 1.07 bits per heavy atom. The summed E-state index contributed by atoms with van der Waals surface area (Å²) < 4.78 is 6.03. The van der Waals surface area contributed by atoms with E-state index < -0.39 is 0 Å². The number of nitriles is 1. The quantitative estimate of drug-likeness (QED) is 0.649. The molecule has 0 atom stereocenters. The first kappa shape index (κ1) is 19.3. The molecule has 6 heteroatoms. The Morgan fingerprint density at radius 3 is 2.59 bits per heavy atom. The molecule has 150 valence electrons. The first-order valence-corrected chi connectivity index (χ1v) is 10.2. The first-order valence-electron chi connectivity index (χ1n) is 10.2. The van der Waals surface area contributed by atoms with Crippen LogP contribution in [0.2, 0.25) is 0 Å². The van der Waals surface area contributed by atoms with Gasteiger partial charge in [-0.25, -0.2) is 0 Å². The molecule has 1 aliphatic rings. The van der Waals surface area contributed by atoms with Crippen molar-refractivity contribution in [3.8, 4) is 11.8 Å². The van der Waals surface area contributed by atoms with Crippen molar-refractivity contribution >= 4 is 16.6 Å². The van der Waals surface area contributed by atoms with E-state index in [4.69, 9.17) is 15.7 Å². The summed E-state index contributed by atoms with van der Waals surface area (Å²) in [6.07, 6.45) is 2.90. The summed E-state index contributed by atoms with van der Waals surface area (Å²) in [5, 5.41) is 10.1. The first-order chi connectivity index (χ1) is 14.3. The number of nitrogens with one attached hydrogen (secondary N) is 1. The number of aromatic nitrogens is 1. The van der Waals surface area contributed by atoms with Crippen molar-refractivity contribution < 1.29 is 4.74 Å². The molecule has 2 aromatic carbocycles. The molecule has 3 aromatic rings. The number of H-pyrrole nitrogens is 1. The van der Waals surface area contributed by atoms with Crippen molar-refractivity contribution in [1.82, 2.24) is 9.88 Å². The fraction of sp³-hybridized carbons (Fsp3) is 0.348. The summed E-state index contributed by atoms with van der Waals surface area (Å²) in [5.74, 6) is 0.909. The molecule has 1 saturated heterocycles. The zero-order valence-electron chi connectivity index (χ0n) is 16.6. The fourth-order valence-corrected chi connectivity index (χ4v) is 3.88. The van der Waals surface area contributed by atoms with Gasteiger partial charge >= 0.3 is 0 Å². The largest absolute Gasteiger partial charge is 0.492 e. The third-order valence-corrected chi connectivity index (χ3v) is 5.56. The Morgan fingerprint density at radius 2 is 1.86 bits per heavy atom. The van der Waals surface area contributed by atoms with Gasteiger partial charge in [0, 0.05) is 55.5 Å². The average Bonchev–Trinajstić information content (AvgIpc) is 3.17. The topological polar surface area (TPSA) is 81.3 Å². The number of aromatic amines is 1. The molecule has 2 heterocycles. The van der Waals surface area contributed by atoms with Gasteiger partial charge < -0.3 is 20.4 Å². The van der Waals surface area contributed by atoms with Gasteiger partial charge in [0.05, 0.1) is 11.6 Å². The zero-order valence-corrected chi connectivity index (χ0v) is 16.6. The lowest BCUT2D eigenvalue weighted by molar-refractivity contribution is 0.200. The minimum atomic E-state index is 0.645. The summed E-state index contributed by atoms with van der Waals surface area (Å²) in [6.45, 7) is 6.25. The van der Waals surface area contributed by atoms with Crippen LogP contribution in [0.4, 0.5) is 5.69 Å². The van der Waals surface area contributed by atoms with Crippen molar-refractivity contribution in [3.63, 3.8) is 0 Å². The molecule has 0 bridgehead atoms. The number of rotatable bonds is 7. The second kappa shape index (κ2) is 8.99. The van der Waals surface area contributed by atoms with Gasteiger partial charge in [-0.2, -0.15) is 5.26 Å². The summed E-state index contributed by atoms with van der Waals surface area (Å²) in [4.78, 5) is 8.10. The van der Waals surface area contributed by atoms with Crippen LogP contribution < -0.4 is 15.4 Å². The molecular formula is C23H27N5O. The smallest absolute Gasteiger partial charge is 0.120 e. The highest BCUT2D eigenvalue weighted by molar-refractivity contribution is 5.84. The Balaban J connectivity index is 1.26. The highest BCUT2D eigenvalue weighted by Gasteiger charge is 2.17. The number of nitrogens with zero attached hydrogens (tertiary/aromatic N) is 3. The molecule has 0 amide bonds. The van der Waals surface area contributed by atoms with E-state index in [1.165, 1.54) is 16.6 Å². The lowest BCUT2D eigenvalue weighted by Crippen LogP contribution is -2.47. The maximum absolute atomic E-state index is 8.93. The van der Waals surface area contributed by atoms with E-state index in [1.807, 2.05) is 36.5 Å². The summed E-state index contributed by atoms with van der Waals surface area (Å²) in [5.41, 5.74) is 9.97. The van der Waals surface area contributed by atoms with Crippen LogP contribution in [0.5, 0.6) is 5.75 Å². The minimum Gasteiger partial charge on any atom is -0.492 e. The van der Waals surface area contributed by atoms with Crippen molar-refractivity contribution in [2.24, 2.45) is 5.73 Å². The van der Waals surface area contributed by atoms with Crippen molar-refractivity contribution in [2.75, 3.05) is 50.8 Å². The molecular weight excluding hydrogens is 362 g/mol. The maximum atomic E-state index is 8.93. The second-order valence-electron chi connectivity index (χ2n) is 7.40. The number of ether oxygens (including phenoxy) is 1. The van der Waals surface area contributed by atoms with E-state index in [1.54, 1.807) is 0 Å². The second-order valence-corrected chi connectivity index (χ2v) is 7.40. The van der Waals surface area contributed by atoms with Crippen LogP contribution in [0, 0.1) is 11.3 Å². The van der Waals surface area contributed by atoms with Crippen LogP contribution in [-0.2, 0) is 6.42 Å². The lowest BCUT2D eigenvalue weighted by Gasteiger charge is -2.36. The zero-order chi connectivity index (χ0) is 20.1. The third-order valence-electron chi connectivity index (χ3n) is 5.56. The summed E-state index contributed by atoms with van der Waals surface area (Å²) in [6, 6.07) is 16.2. The number of hydrogen-bond donors (Lipinski definition) is 2. The number of nitrogens with two attached hydrogens (primary N) is 1. The maximum Gasteiger partial charge on any atom is 0.120 e. The molecule has 1 aliphatic heterocycles. The van der Waals surface area contributed by atoms with Crippen LogP contribution in [0.3, 0.4) is 0 Å². The molecule has 3 N–H and O–H groups in total. The van der Waals surface area contributed by atoms with E-state index in [-0.39, 0.29) is 0 Å². The number of anilines is 1. The van der Waals surface area contributed by atoms with E-state index in [0.717, 1.165) is 50.4 Å². The molecule has 0 aliphatic carbocycles. The van der Waals surface area contributed by atoms with Crippen LogP contribution in [0.15, 0.2) is 48.7 Å². The molecule has 1 aromatic heterocycles. The molecule has 4 rings (SSSR count). The Labute approximate surface area is 171 Å². The van der Waals surface area contributed by atoms with Gasteiger partial charge in [-0.15, -0.1) is 0 Å². The predicted molar refractivity (Wildman–Crippen MR) is 116 cm³/mol. The van der Waals surface area contributed by atoms with Crippen molar-refractivity contribution in [2.45, 2.75) is 6.42 Å². The van der Waals surface area contributed by atoms with Crippen molar-refractivity contribution in [3.05, 3.63) is 59.8 Å². The van der Waals surface area contributed by atoms with E-state index in [9.17, 15) is 0 Å².